The van der Waals surface area contributed by atoms with Crippen LogP contribution in [0.2, 0.25) is 0 Å². The molecule has 3 rings (SSSR count). The van der Waals surface area contributed by atoms with Gasteiger partial charge in [0.15, 0.2) is 11.5 Å². The second kappa shape index (κ2) is 12.2. The predicted molar refractivity (Wildman–Crippen MR) is 122 cm³/mol. The van der Waals surface area contributed by atoms with Gasteiger partial charge in [-0.05, 0) is 37.6 Å². The van der Waals surface area contributed by atoms with Crippen LogP contribution in [0.25, 0.3) is 10.6 Å². The molecule has 6 nitrogen and oxygen atoms in total. The van der Waals surface area contributed by atoms with Gasteiger partial charge in [0.1, 0.15) is 5.01 Å². The van der Waals surface area contributed by atoms with Gasteiger partial charge in [0, 0.05) is 30.1 Å². The first-order chi connectivity index (χ1) is 13.2. The van der Waals surface area contributed by atoms with Crippen molar-refractivity contribution in [2.45, 2.75) is 32.2 Å². The summed E-state index contributed by atoms with van der Waals surface area (Å²) in [5.74, 6) is 1.52. The fraction of sp³-hybridized carbons (Fsp3) is 0.500. The molecule has 9 heteroatoms. The maximum absolute atomic E-state index is 12.8. The largest absolute Gasteiger partial charge is 0.493 e. The molecule has 0 spiro atoms. The number of hydrogen-bond donors (Lipinski definition) is 1. The molecule has 0 radical (unpaired) electrons. The lowest BCUT2D eigenvalue weighted by atomic mass is 10.1. The molecule has 1 amide bonds. The lowest BCUT2D eigenvalue weighted by Crippen LogP contribution is -2.42. The van der Waals surface area contributed by atoms with Gasteiger partial charge < -0.3 is 19.7 Å². The molecular formula is C20H29Cl2N3O3S. The van der Waals surface area contributed by atoms with Crippen LogP contribution in [0, 0.1) is 0 Å². The van der Waals surface area contributed by atoms with Gasteiger partial charge in [-0.15, -0.1) is 36.2 Å². The van der Waals surface area contributed by atoms with Crippen LogP contribution < -0.4 is 14.8 Å². The van der Waals surface area contributed by atoms with Gasteiger partial charge in [-0.1, -0.05) is 6.92 Å². The Morgan fingerprint density at radius 2 is 2.03 bits per heavy atom. The number of aromatic nitrogens is 1. The molecule has 1 saturated heterocycles. The van der Waals surface area contributed by atoms with Gasteiger partial charge in [0.05, 0.1) is 26.3 Å². The van der Waals surface area contributed by atoms with Gasteiger partial charge in [-0.2, -0.15) is 0 Å². The summed E-state index contributed by atoms with van der Waals surface area (Å²) in [5, 5.41) is 6.20. The number of methoxy groups -OCH3 is 2. The number of amides is 1. The zero-order valence-electron chi connectivity index (χ0n) is 17.0. The molecule has 2 aromatic rings. The molecule has 1 unspecified atom stereocenters. The van der Waals surface area contributed by atoms with Gasteiger partial charge in [0.25, 0.3) is 0 Å². The number of halogens is 2. The van der Waals surface area contributed by atoms with Crippen molar-refractivity contribution in [3.8, 4) is 22.1 Å². The number of nitrogens with one attached hydrogen (secondary N) is 1. The van der Waals surface area contributed by atoms with E-state index in [1.165, 1.54) is 0 Å². The maximum Gasteiger partial charge on any atom is 0.228 e. The van der Waals surface area contributed by atoms with Crippen LogP contribution >= 0.6 is 36.2 Å². The van der Waals surface area contributed by atoms with E-state index < -0.39 is 0 Å². The van der Waals surface area contributed by atoms with E-state index in [0.29, 0.717) is 24.0 Å². The molecule has 1 N–H and O–H groups in total. The van der Waals surface area contributed by atoms with Crippen molar-refractivity contribution >= 4 is 42.1 Å². The Kier molecular flexibility index (Phi) is 10.7. The highest BCUT2D eigenvalue weighted by molar-refractivity contribution is 7.13. The Balaban J connectivity index is 0.00000210. The van der Waals surface area contributed by atoms with Crippen LogP contribution in [0.1, 0.15) is 25.5 Å². The first-order valence-electron chi connectivity index (χ1n) is 9.33. The molecular weight excluding hydrogens is 433 g/mol. The highest BCUT2D eigenvalue weighted by Crippen LogP contribution is 2.33. The van der Waals surface area contributed by atoms with Crippen molar-refractivity contribution in [1.82, 2.24) is 15.2 Å². The summed E-state index contributed by atoms with van der Waals surface area (Å²) in [6.07, 6.45) is 2.34. The van der Waals surface area contributed by atoms with Crippen molar-refractivity contribution in [3.05, 3.63) is 29.3 Å². The number of carbonyl (C=O) groups is 1. The first kappa shape index (κ1) is 25.5. The minimum atomic E-state index is 0. The summed E-state index contributed by atoms with van der Waals surface area (Å²) in [6.45, 7) is 4.79. The van der Waals surface area contributed by atoms with E-state index in [1.54, 1.807) is 25.6 Å². The fourth-order valence-corrected chi connectivity index (χ4v) is 4.22. The second-order valence-corrected chi connectivity index (χ2v) is 7.48. The molecule has 2 heterocycles. The number of thiazole rings is 1. The van der Waals surface area contributed by atoms with E-state index in [-0.39, 0.29) is 30.7 Å². The lowest BCUT2D eigenvalue weighted by Gasteiger charge is -2.28. The van der Waals surface area contributed by atoms with Crippen molar-refractivity contribution in [2.24, 2.45) is 0 Å². The second-order valence-electron chi connectivity index (χ2n) is 6.62. The molecule has 1 aliphatic rings. The summed E-state index contributed by atoms with van der Waals surface area (Å²) in [7, 11) is 3.24. The zero-order valence-corrected chi connectivity index (χ0v) is 19.4. The normalized spacial score (nSPS) is 15.2. The van der Waals surface area contributed by atoms with E-state index in [0.717, 1.165) is 48.7 Å². The fourth-order valence-electron chi connectivity index (χ4n) is 3.40. The SMILES string of the molecule is CCCN(C(=O)Cc1csc(-c2ccc(OC)c(OC)c2)n1)C1CCNC1.Cl.Cl. The van der Waals surface area contributed by atoms with Gasteiger partial charge in [0.2, 0.25) is 5.91 Å². The minimum Gasteiger partial charge on any atom is -0.493 e. The molecule has 0 aliphatic carbocycles. The summed E-state index contributed by atoms with van der Waals surface area (Å²) in [5.41, 5.74) is 1.78. The molecule has 0 bridgehead atoms. The monoisotopic (exact) mass is 461 g/mol. The molecule has 1 aliphatic heterocycles. The van der Waals surface area contributed by atoms with Gasteiger partial charge in [-0.3, -0.25) is 4.79 Å². The third-order valence-corrected chi connectivity index (χ3v) is 5.71. The third-order valence-electron chi connectivity index (χ3n) is 4.77. The smallest absolute Gasteiger partial charge is 0.228 e. The highest BCUT2D eigenvalue weighted by atomic mass is 35.5. The van der Waals surface area contributed by atoms with Crippen molar-refractivity contribution in [1.29, 1.82) is 0 Å². The number of nitrogens with zero attached hydrogens (tertiary/aromatic N) is 2. The summed E-state index contributed by atoms with van der Waals surface area (Å²) >= 11 is 1.54. The molecule has 1 atom stereocenters. The first-order valence-corrected chi connectivity index (χ1v) is 10.2. The Morgan fingerprint density at radius 1 is 1.28 bits per heavy atom. The Bertz CT molecular complexity index is 782. The standard InChI is InChI=1S/C20H27N3O3S.2ClH/c1-4-9-23(16-7-8-21-12-16)19(24)11-15-13-27-20(22-15)14-5-6-17(25-2)18(10-14)26-3;;/h5-6,10,13,16,21H,4,7-9,11-12H2,1-3H3;2*1H. The maximum atomic E-state index is 12.8. The number of benzene rings is 1. The van der Waals surface area contributed by atoms with E-state index in [1.807, 2.05) is 28.5 Å². The van der Waals surface area contributed by atoms with Crippen LogP contribution in [-0.2, 0) is 11.2 Å². The summed E-state index contributed by atoms with van der Waals surface area (Å²) in [6, 6.07) is 6.05. The van der Waals surface area contributed by atoms with E-state index >= 15 is 0 Å². The number of carbonyl (C=O) groups excluding carboxylic acids is 1. The zero-order chi connectivity index (χ0) is 19.2. The highest BCUT2D eigenvalue weighted by Gasteiger charge is 2.26. The van der Waals surface area contributed by atoms with Crippen molar-refractivity contribution in [2.75, 3.05) is 33.9 Å². The van der Waals surface area contributed by atoms with Gasteiger partial charge >= 0.3 is 0 Å². The molecule has 1 aromatic heterocycles. The lowest BCUT2D eigenvalue weighted by molar-refractivity contribution is -0.132. The summed E-state index contributed by atoms with van der Waals surface area (Å²) < 4.78 is 10.7. The van der Waals surface area contributed by atoms with Gasteiger partial charge in [-0.25, -0.2) is 4.98 Å². The van der Waals surface area contributed by atoms with Crippen molar-refractivity contribution < 1.29 is 14.3 Å². The Morgan fingerprint density at radius 3 is 2.66 bits per heavy atom. The Hall–Kier alpha value is -1.54. The molecule has 1 fully saturated rings. The topological polar surface area (TPSA) is 63.7 Å². The number of rotatable bonds is 8. The molecule has 162 valence electrons. The molecule has 29 heavy (non-hydrogen) atoms. The number of hydrogen-bond acceptors (Lipinski definition) is 6. The average Bonchev–Trinajstić information content (AvgIpc) is 3.37. The van der Waals surface area contributed by atoms with E-state index in [4.69, 9.17) is 9.47 Å². The third kappa shape index (κ3) is 6.22. The van der Waals surface area contributed by atoms with Crippen LogP contribution in [0.3, 0.4) is 0 Å². The van der Waals surface area contributed by atoms with Crippen LogP contribution in [0.15, 0.2) is 23.6 Å². The molecule has 1 aromatic carbocycles. The quantitative estimate of drug-likeness (QED) is 0.647. The average molecular weight is 462 g/mol. The predicted octanol–water partition coefficient (Wildman–Crippen LogP) is 3.81. The molecule has 0 saturated carbocycles. The van der Waals surface area contributed by atoms with E-state index in [9.17, 15) is 4.79 Å². The van der Waals surface area contributed by atoms with Crippen molar-refractivity contribution in [3.63, 3.8) is 0 Å². The van der Waals surface area contributed by atoms with Crippen LogP contribution in [0.4, 0.5) is 0 Å². The number of ether oxygens (including phenoxy) is 2. The van der Waals surface area contributed by atoms with E-state index in [2.05, 4.69) is 17.2 Å². The van der Waals surface area contributed by atoms with Crippen LogP contribution in [-0.4, -0.2) is 55.7 Å². The summed E-state index contributed by atoms with van der Waals surface area (Å²) in [4.78, 5) is 19.5. The van der Waals surface area contributed by atoms with Crippen LogP contribution in [0.5, 0.6) is 11.5 Å². The minimum absolute atomic E-state index is 0. The Labute approximate surface area is 188 Å².